The molecule has 0 radical (unpaired) electrons. The van der Waals surface area contributed by atoms with E-state index in [0.717, 1.165) is 10.9 Å². The van der Waals surface area contributed by atoms with Crippen molar-refractivity contribution in [1.29, 1.82) is 0 Å². The minimum absolute atomic E-state index is 0.202. The minimum Gasteiger partial charge on any atom is -0.490 e. The lowest BCUT2D eigenvalue weighted by atomic mass is 10.2. The van der Waals surface area contributed by atoms with Crippen LogP contribution in [0.4, 0.5) is 5.69 Å². The highest BCUT2D eigenvalue weighted by Gasteiger charge is 2.16. The first kappa shape index (κ1) is 18.2. The number of anilines is 1. The van der Waals surface area contributed by atoms with Crippen LogP contribution in [0.3, 0.4) is 0 Å². The number of carbonyl (C=O) groups is 1. The third-order valence-corrected chi connectivity index (χ3v) is 4.47. The molecular weight excluding hydrogens is 433 g/mol. The first-order valence-electron chi connectivity index (χ1n) is 7.50. The van der Waals surface area contributed by atoms with Gasteiger partial charge in [-0.1, -0.05) is 39.1 Å². The third-order valence-electron chi connectivity index (χ3n) is 3.36. The number of hydrogen-bond donors (Lipinski definition) is 1. The highest BCUT2D eigenvalue weighted by molar-refractivity contribution is 9.10. The first-order valence-corrected chi connectivity index (χ1v) is 9.04. The van der Waals surface area contributed by atoms with Gasteiger partial charge in [0, 0.05) is 23.0 Å². The number of rotatable bonds is 4. The molecule has 132 valence electrons. The van der Waals surface area contributed by atoms with Gasteiger partial charge < -0.3 is 19.5 Å². The van der Waals surface area contributed by atoms with Crippen molar-refractivity contribution in [2.24, 2.45) is 0 Å². The van der Waals surface area contributed by atoms with Crippen molar-refractivity contribution in [2.75, 3.05) is 25.1 Å². The van der Waals surface area contributed by atoms with Gasteiger partial charge >= 0.3 is 0 Å². The van der Waals surface area contributed by atoms with Crippen LogP contribution in [0.2, 0.25) is 10.0 Å². The molecule has 0 aromatic heterocycles. The summed E-state index contributed by atoms with van der Waals surface area (Å²) in [6.07, 6.45) is 0.787. The number of benzene rings is 2. The average Bonchev–Trinajstić information content (AvgIpc) is 2.79. The number of nitrogens with one attached hydrogen (secondary N) is 1. The normalized spacial score (nSPS) is 13.1. The van der Waals surface area contributed by atoms with Crippen molar-refractivity contribution in [2.45, 2.75) is 6.42 Å². The maximum Gasteiger partial charge on any atom is 0.262 e. The van der Waals surface area contributed by atoms with Crippen LogP contribution in [-0.4, -0.2) is 25.7 Å². The Morgan fingerprint density at radius 1 is 1.12 bits per heavy atom. The zero-order chi connectivity index (χ0) is 17.8. The summed E-state index contributed by atoms with van der Waals surface area (Å²) in [7, 11) is 0. The topological polar surface area (TPSA) is 56.8 Å². The van der Waals surface area contributed by atoms with Gasteiger partial charge in [0.2, 0.25) is 0 Å². The molecule has 3 rings (SSSR count). The summed E-state index contributed by atoms with van der Waals surface area (Å²) in [6, 6.07) is 8.42. The van der Waals surface area contributed by atoms with Crippen LogP contribution >= 0.6 is 39.1 Å². The molecule has 0 unspecified atom stereocenters. The number of hydrogen-bond acceptors (Lipinski definition) is 4. The Kier molecular flexibility index (Phi) is 5.93. The van der Waals surface area contributed by atoms with E-state index >= 15 is 0 Å². The molecule has 0 bridgehead atoms. The molecule has 0 saturated heterocycles. The maximum absolute atomic E-state index is 12.1. The van der Waals surface area contributed by atoms with Crippen molar-refractivity contribution in [3.05, 3.63) is 44.8 Å². The molecule has 1 aliphatic rings. The zero-order valence-corrected chi connectivity index (χ0v) is 16.1. The van der Waals surface area contributed by atoms with Gasteiger partial charge in [0.1, 0.15) is 5.75 Å². The lowest BCUT2D eigenvalue weighted by Crippen LogP contribution is -2.20. The molecule has 1 aliphatic heterocycles. The number of amides is 1. The molecule has 0 fully saturated rings. The van der Waals surface area contributed by atoms with Gasteiger partial charge in [-0.3, -0.25) is 4.79 Å². The Balaban J connectivity index is 1.65. The van der Waals surface area contributed by atoms with E-state index in [9.17, 15) is 4.79 Å². The van der Waals surface area contributed by atoms with E-state index in [0.29, 0.717) is 46.2 Å². The number of carbonyl (C=O) groups excluding carboxylic acids is 1. The molecule has 0 aliphatic carbocycles. The summed E-state index contributed by atoms with van der Waals surface area (Å²) < 4.78 is 17.4. The SMILES string of the molecule is O=C(COc1ccc(Br)cc1Cl)Nc1cc2c(cc1Cl)OCCCO2. The van der Waals surface area contributed by atoms with Gasteiger partial charge in [0.05, 0.1) is 28.9 Å². The van der Waals surface area contributed by atoms with Gasteiger partial charge in [0.15, 0.2) is 18.1 Å². The average molecular weight is 447 g/mol. The van der Waals surface area contributed by atoms with E-state index in [2.05, 4.69) is 21.2 Å². The summed E-state index contributed by atoms with van der Waals surface area (Å²) in [5.41, 5.74) is 0.432. The zero-order valence-electron chi connectivity index (χ0n) is 13.0. The van der Waals surface area contributed by atoms with Crippen molar-refractivity contribution in [3.63, 3.8) is 0 Å². The Bertz CT molecular complexity index is 800. The summed E-state index contributed by atoms with van der Waals surface area (Å²) in [5.74, 6) is 1.17. The van der Waals surface area contributed by atoms with Crippen LogP contribution in [0, 0.1) is 0 Å². The molecule has 1 N–H and O–H groups in total. The van der Waals surface area contributed by atoms with Gasteiger partial charge in [-0.15, -0.1) is 0 Å². The van der Waals surface area contributed by atoms with Crippen molar-refractivity contribution in [1.82, 2.24) is 0 Å². The standard InChI is InChI=1S/C17H14BrCl2NO4/c18-10-2-3-14(12(20)6-10)25-9-17(22)21-13-8-16-15(7-11(13)19)23-4-1-5-24-16/h2-3,6-8H,1,4-5,9H2,(H,21,22). The van der Waals surface area contributed by atoms with Crippen molar-refractivity contribution < 1.29 is 19.0 Å². The van der Waals surface area contributed by atoms with Crippen LogP contribution in [-0.2, 0) is 4.79 Å². The summed E-state index contributed by atoms with van der Waals surface area (Å²) in [4.78, 5) is 12.1. The summed E-state index contributed by atoms with van der Waals surface area (Å²) >= 11 is 15.6. The Morgan fingerprint density at radius 2 is 1.84 bits per heavy atom. The molecule has 1 heterocycles. The fraction of sp³-hybridized carbons (Fsp3) is 0.235. The Morgan fingerprint density at radius 3 is 2.56 bits per heavy atom. The van der Waals surface area contributed by atoms with E-state index in [1.54, 1.807) is 30.3 Å². The van der Waals surface area contributed by atoms with Crippen LogP contribution in [0.15, 0.2) is 34.8 Å². The minimum atomic E-state index is -0.365. The quantitative estimate of drug-likeness (QED) is 0.722. The second-order valence-electron chi connectivity index (χ2n) is 5.24. The van der Waals surface area contributed by atoms with Gasteiger partial charge in [-0.05, 0) is 18.2 Å². The van der Waals surface area contributed by atoms with Crippen LogP contribution in [0.1, 0.15) is 6.42 Å². The second-order valence-corrected chi connectivity index (χ2v) is 6.97. The molecule has 0 atom stereocenters. The largest absolute Gasteiger partial charge is 0.490 e. The highest BCUT2D eigenvalue weighted by Crippen LogP contribution is 2.37. The molecule has 8 heteroatoms. The van der Waals surface area contributed by atoms with Crippen LogP contribution in [0.5, 0.6) is 17.2 Å². The van der Waals surface area contributed by atoms with E-state index < -0.39 is 0 Å². The molecule has 0 spiro atoms. The molecule has 2 aromatic carbocycles. The summed E-state index contributed by atoms with van der Waals surface area (Å²) in [5, 5.41) is 3.47. The lowest BCUT2D eigenvalue weighted by molar-refractivity contribution is -0.118. The molecule has 25 heavy (non-hydrogen) atoms. The Hall–Kier alpha value is -1.63. The number of halogens is 3. The van der Waals surface area contributed by atoms with Crippen LogP contribution < -0.4 is 19.5 Å². The molecule has 5 nitrogen and oxygen atoms in total. The van der Waals surface area contributed by atoms with Crippen molar-refractivity contribution in [3.8, 4) is 17.2 Å². The summed E-state index contributed by atoms with van der Waals surface area (Å²) in [6.45, 7) is 0.913. The molecular formula is C17H14BrCl2NO4. The Labute approximate surface area is 163 Å². The van der Waals surface area contributed by atoms with E-state index in [4.69, 9.17) is 37.4 Å². The maximum atomic E-state index is 12.1. The predicted molar refractivity (Wildman–Crippen MR) is 100 cm³/mol. The third kappa shape index (κ3) is 4.71. The van der Waals surface area contributed by atoms with Gasteiger partial charge in [-0.2, -0.15) is 0 Å². The fourth-order valence-corrected chi connectivity index (χ4v) is 3.13. The number of ether oxygens (including phenoxy) is 3. The predicted octanol–water partition coefficient (Wildman–Crippen LogP) is 4.93. The molecule has 1 amide bonds. The first-order chi connectivity index (χ1) is 12.0. The highest BCUT2D eigenvalue weighted by atomic mass is 79.9. The van der Waals surface area contributed by atoms with Crippen LogP contribution in [0.25, 0.3) is 0 Å². The van der Waals surface area contributed by atoms with Crippen molar-refractivity contribution >= 4 is 50.7 Å². The lowest BCUT2D eigenvalue weighted by Gasteiger charge is -2.13. The van der Waals surface area contributed by atoms with Gasteiger partial charge in [-0.25, -0.2) is 0 Å². The van der Waals surface area contributed by atoms with Gasteiger partial charge in [0.25, 0.3) is 5.91 Å². The second kappa shape index (κ2) is 8.17. The fourth-order valence-electron chi connectivity index (χ4n) is 2.20. The number of fused-ring (bicyclic) bond motifs is 1. The monoisotopic (exact) mass is 445 g/mol. The van der Waals surface area contributed by atoms with E-state index in [-0.39, 0.29) is 12.5 Å². The van der Waals surface area contributed by atoms with E-state index in [1.807, 2.05) is 0 Å². The molecule has 0 saturated carbocycles. The molecule has 2 aromatic rings. The van der Waals surface area contributed by atoms with E-state index in [1.165, 1.54) is 0 Å². The smallest absolute Gasteiger partial charge is 0.262 e.